The predicted molar refractivity (Wildman–Crippen MR) is 218 cm³/mol. The number of benzene rings is 7. The third-order valence-corrected chi connectivity index (χ3v) is 10.3. The van der Waals surface area contributed by atoms with Crippen molar-refractivity contribution in [1.82, 2.24) is 34.1 Å². The molecule has 0 fully saturated rings. The first-order chi connectivity index (χ1) is 26.8. The van der Waals surface area contributed by atoms with Crippen molar-refractivity contribution >= 4 is 54.5 Å². The summed E-state index contributed by atoms with van der Waals surface area (Å²) in [5.74, 6) is 1.71. The Morgan fingerprint density at radius 2 is 0.963 bits per heavy atom. The Hall–Kier alpha value is -7.51. The number of rotatable bonds is 5. The molecule has 7 nitrogen and oxygen atoms in total. The van der Waals surface area contributed by atoms with Crippen LogP contribution in [0, 0.1) is 0 Å². The summed E-state index contributed by atoms with van der Waals surface area (Å²) in [5, 5.41) is 5.24. The Morgan fingerprint density at radius 1 is 0.407 bits per heavy atom. The zero-order chi connectivity index (χ0) is 35.6. The van der Waals surface area contributed by atoms with Gasteiger partial charge in [0.25, 0.3) is 0 Å². The molecule has 0 spiro atoms. The van der Waals surface area contributed by atoms with Gasteiger partial charge in [0.1, 0.15) is 6.33 Å². The number of hydrogen-bond donors (Lipinski definition) is 0. The number of hydrogen-bond acceptors (Lipinski definition) is 5. The van der Waals surface area contributed by atoms with Gasteiger partial charge in [-0.25, -0.2) is 15.0 Å². The molecule has 54 heavy (non-hydrogen) atoms. The van der Waals surface area contributed by atoms with Gasteiger partial charge in [-0.2, -0.15) is 9.97 Å². The first-order valence-electron chi connectivity index (χ1n) is 17.9. The largest absolute Gasteiger partial charge is 0.307 e. The van der Waals surface area contributed by atoms with Crippen molar-refractivity contribution in [2.45, 2.75) is 0 Å². The molecule has 7 heteroatoms. The van der Waals surface area contributed by atoms with Crippen LogP contribution in [-0.4, -0.2) is 34.1 Å². The second kappa shape index (κ2) is 12.0. The molecular weight excluding hydrogens is 663 g/mol. The summed E-state index contributed by atoms with van der Waals surface area (Å²) in [6.45, 7) is 0. The van der Waals surface area contributed by atoms with Gasteiger partial charge >= 0.3 is 0 Å². The van der Waals surface area contributed by atoms with Crippen LogP contribution in [0.1, 0.15) is 0 Å². The van der Waals surface area contributed by atoms with E-state index in [1.54, 1.807) is 6.33 Å². The van der Waals surface area contributed by atoms with Crippen LogP contribution in [0.2, 0.25) is 0 Å². The van der Waals surface area contributed by atoms with E-state index >= 15 is 0 Å². The molecule has 0 radical (unpaired) electrons. The molecule has 0 aliphatic carbocycles. The molecule has 11 aromatic rings. The standard InChI is InChI=1S/C47H29N7/c1-4-15-30(16-5-1)32-19-14-20-33(27-32)46-50-45(31-17-6-2-7-18-31)51-47(52-46)54-39-26-13-10-23-35(39)40-37-28-48-29-49-42(37)41-36-24-11-12-25-38(36)53(44(41)43(40)54)34-21-8-3-9-22-34/h1-29H. The highest BCUT2D eigenvalue weighted by Crippen LogP contribution is 2.45. The van der Waals surface area contributed by atoms with Gasteiger partial charge in [0.2, 0.25) is 5.95 Å². The van der Waals surface area contributed by atoms with Gasteiger partial charge in [-0.1, -0.05) is 133 Å². The molecule has 4 aromatic heterocycles. The number of aromatic nitrogens is 7. The van der Waals surface area contributed by atoms with Gasteiger partial charge in [0.05, 0.1) is 27.6 Å². The molecule has 7 aromatic carbocycles. The second-order valence-electron chi connectivity index (χ2n) is 13.4. The Labute approximate surface area is 309 Å². The number of fused-ring (bicyclic) bond motifs is 10. The van der Waals surface area contributed by atoms with Crippen LogP contribution in [-0.2, 0) is 0 Å². The molecule has 0 aliphatic heterocycles. The molecular formula is C47H29N7. The third-order valence-electron chi connectivity index (χ3n) is 10.3. The Bertz CT molecular complexity index is 3200. The fourth-order valence-electron chi connectivity index (χ4n) is 7.98. The molecule has 252 valence electrons. The Balaban J connectivity index is 1.32. The van der Waals surface area contributed by atoms with Crippen LogP contribution in [0.15, 0.2) is 176 Å². The molecule has 0 bridgehead atoms. The normalized spacial score (nSPS) is 11.7. The van der Waals surface area contributed by atoms with Gasteiger partial charge in [-0.15, -0.1) is 0 Å². The summed E-state index contributed by atoms with van der Waals surface area (Å²) >= 11 is 0. The van der Waals surface area contributed by atoms with Crippen LogP contribution in [0.25, 0.3) is 100 Å². The van der Waals surface area contributed by atoms with E-state index in [1.165, 1.54) is 0 Å². The lowest BCUT2D eigenvalue weighted by atomic mass is 10.0. The molecule has 0 aliphatic rings. The van der Waals surface area contributed by atoms with Crippen molar-refractivity contribution in [3.8, 4) is 45.5 Å². The SMILES string of the molecule is c1ccc(-c2cccc(-c3nc(-c4ccccc4)nc(-n4c5ccccc5c5c6cncnc6c6c7ccccc7n(-c7ccccc7)c6c54)n3)c2)cc1. The lowest BCUT2D eigenvalue weighted by Gasteiger charge is -2.14. The van der Waals surface area contributed by atoms with E-state index in [0.29, 0.717) is 17.6 Å². The summed E-state index contributed by atoms with van der Waals surface area (Å²) in [6.07, 6.45) is 3.59. The van der Waals surface area contributed by atoms with E-state index in [-0.39, 0.29) is 0 Å². The highest BCUT2D eigenvalue weighted by atomic mass is 15.2. The smallest absolute Gasteiger partial charge is 0.238 e. The molecule has 0 atom stereocenters. The Kier molecular flexibility index (Phi) is 6.72. The van der Waals surface area contributed by atoms with Crippen molar-refractivity contribution in [2.75, 3.05) is 0 Å². The van der Waals surface area contributed by atoms with Crippen LogP contribution in [0.3, 0.4) is 0 Å². The minimum Gasteiger partial charge on any atom is -0.307 e. The van der Waals surface area contributed by atoms with Crippen molar-refractivity contribution in [2.24, 2.45) is 0 Å². The topological polar surface area (TPSA) is 74.3 Å². The minimum absolute atomic E-state index is 0.525. The highest BCUT2D eigenvalue weighted by Gasteiger charge is 2.26. The zero-order valence-corrected chi connectivity index (χ0v) is 28.9. The predicted octanol–water partition coefficient (Wildman–Crippen LogP) is 11.0. The van der Waals surface area contributed by atoms with Gasteiger partial charge in [-0.3, -0.25) is 4.57 Å². The fraction of sp³-hybridized carbons (Fsp3) is 0. The van der Waals surface area contributed by atoms with Gasteiger partial charge in [0, 0.05) is 49.9 Å². The summed E-state index contributed by atoms with van der Waals surface area (Å²) in [4.78, 5) is 25.3. The van der Waals surface area contributed by atoms with E-state index in [0.717, 1.165) is 82.5 Å². The lowest BCUT2D eigenvalue weighted by Crippen LogP contribution is -2.07. The second-order valence-corrected chi connectivity index (χ2v) is 13.4. The molecule has 0 unspecified atom stereocenters. The minimum atomic E-state index is 0.525. The van der Waals surface area contributed by atoms with Crippen molar-refractivity contribution in [3.63, 3.8) is 0 Å². The van der Waals surface area contributed by atoms with Crippen molar-refractivity contribution < 1.29 is 0 Å². The van der Waals surface area contributed by atoms with Crippen LogP contribution in [0.4, 0.5) is 0 Å². The van der Waals surface area contributed by atoms with E-state index in [1.807, 2.05) is 42.6 Å². The summed E-state index contributed by atoms with van der Waals surface area (Å²) in [7, 11) is 0. The van der Waals surface area contributed by atoms with E-state index in [4.69, 9.17) is 19.9 Å². The molecule has 4 heterocycles. The van der Waals surface area contributed by atoms with Crippen LogP contribution in [0.5, 0.6) is 0 Å². The maximum absolute atomic E-state index is 5.35. The third kappa shape index (κ3) is 4.58. The maximum Gasteiger partial charge on any atom is 0.238 e. The lowest BCUT2D eigenvalue weighted by molar-refractivity contribution is 0.953. The summed E-state index contributed by atoms with van der Waals surface area (Å²) in [5.41, 5.74) is 10.0. The van der Waals surface area contributed by atoms with Gasteiger partial charge < -0.3 is 4.57 Å². The highest BCUT2D eigenvalue weighted by molar-refractivity contribution is 6.35. The van der Waals surface area contributed by atoms with Crippen molar-refractivity contribution in [3.05, 3.63) is 176 Å². The first-order valence-corrected chi connectivity index (χ1v) is 17.9. The van der Waals surface area contributed by atoms with E-state index in [9.17, 15) is 0 Å². The fourth-order valence-corrected chi connectivity index (χ4v) is 7.98. The number of nitrogens with zero attached hydrogens (tertiary/aromatic N) is 7. The summed E-state index contributed by atoms with van der Waals surface area (Å²) in [6, 6.07) is 56.5. The Morgan fingerprint density at radius 3 is 1.70 bits per heavy atom. The average Bonchev–Trinajstić information content (AvgIpc) is 3.79. The molecule has 0 amide bonds. The van der Waals surface area contributed by atoms with Crippen molar-refractivity contribution in [1.29, 1.82) is 0 Å². The summed E-state index contributed by atoms with van der Waals surface area (Å²) < 4.78 is 4.57. The maximum atomic E-state index is 5.35. The quantitative estimate of drug-likeness (QED) is 0.180. The van der Waals surface area contributed by atoms with Crippen LogP contribution < -0.4 is 0 Å². The van der Waals surface area contributed by atoms with Gasteiger partial charge in [-0.05, 0) is 41.5 Å². The molecule has 0 N–H and O–H groups in total. The average molecular weight is 692 g/mol. The molecule has 0 saturated heterocycles. The number of para-hydroxylation sites is 3. The monoisotopic (exact) mass is 691 g/mol. The van der Waals surface area contributed by atoms with E-state index < -0.39 is 0 Å². The first kappa shape index (κ1) is 30.1. The zero-order valence-electron chi connectivity index (χ0n) is 28.9. The van der Waals surface area contributed by atoms with E-state index in [2.05, 4.69) is 142 Å². The molecule has 0 saturated carbocycles. The molecule has 11 rings (SSSR count). The van der Waals surface area contributed by atoms with Crippen LogP contribution >= 0.6 is 0 Å². The van der Waals surface area contributed by atoms with Gasteiger partial charge in [0.15, 0.2) is 11.6 Å².